The van der Waals surface area contributed by atoms with E-state index in [2.05, 4.69) is 22.3 Å². The van der Waals surface area contributed by atoms with Gasteiger partial charge in [0.25, 0.3) is 0 Å². The van der Waals surface area contributed by atoms with Gasteiger partial charge in [-0.2, -0.15) is 0 Å². The van der Waals surface area contributed by atoms with Crippen LogP contribution in [-0.2, 0) is 16.1 Å². The standard InChI is InChI=1S/C20H29N3O3S/c1-2-17-7-3-4-10-23(17)11-6-9-21-20(24)15-25-14-16-13-18(26-22-16)19-8-5-12-27-19/h5,8,12-13,17H,2-4,6-7,9-11,14-15H2,1H3,(H,21,24)/t17-/m1/s1. The van der Waals surface area contributed by atoms with E-state index >= 15 is 0 Å². The van der Waals surface area contributed by atoms with Gasteiger partial charge in [-0.25, -0.2) is 0 Å². The highest BCUT2D eigenvalue weighted by atomic mass is 32.1. The van der Waals surface area contributed by atoms with Crippen molar-refractivity contribution in [3.05, 3.63) is 29.3 Å². The van der Waals surface area contributed by atoms with Gasteiger partial charge in [-0.3, -0.25) is 4.79 Å². The number of hydrogen-bond donors (Lipinski definition) is 1. The SMILES string of the molecule is CC[C@@H]1CCCCN1CCCNC(=O)COCc1cc(-c2cccs2)on1. The van der Waals surface area contributed by atoms with Gasteiger partial charge in [0.1, 0.15) is 12.3 Å². The summed E-state index contributed by atoms with van der Waals surface area (Å²) in [6.45, 7) is 5.53. The van der Waals surface area contributed by atoms with Crippen LogP contribution in [0.3, 0.4) is 0 Å². The molecular formula is C20H29N3O3S. The Kier molecular flexibility index (Phi) is 7.86. The molecule has 1 N–H and O–H groups in total. The third-order valence-electron chi connectivity index (χ3n) is 4.97. The van der Waals surface area contributed by atoms with Crippen LogP contribution in [0.5, 0.6) is 0 Å². The number of thiophene rings is 1. The maximum Gasteiger partial charge on any atom is 0.246 e. The second kappa shape index (κ2) is 10.6. The quantitative estimate of drug-likeness (QED) is 0.626. The van der Waals surface area contributed by atoms with Gasteiger partial charge in [0, 0.05) is 25.2 Å². The van der Waals surface area contributed by atoms with E-state index in [1.807, 2.05) is 23.6 Å². The molecule has 1 aliphatic heterocycles. The number of nitrogens with zero attached hydrogens (tertiary/aromatic N) is 2. The molecule has 148 valence electrons. The number of carbonyl (C=O) groups excluding carboxylic acids is 1. The Labute approximate surface area is 164 Å². The lowest BCUT2D eigenvalue weighted by Crippen LogP contribution is -2.40. The van der Waals surface area contributed by atoms with Gasteiger partial charge in [-0.1, -0.05) is 24.6 Å². The van der Waals surface area contributed by atoms with Crippen molar-refractivity contribution in [3.8, 4) is 10.6 Å². The number of hydrogen-bond acceptors (Lipinski definition) is 6. The fourth-order valence-electron chi connectivity index (χ4n) is 3.54. The maximum absolute atomic E-state index is 11.9. The van der Waals surface area contributed by atoms with Crippen molar-refractivity contribution in [1.82, 2.24) is 15.4 Å². The normalized spacial score (nSPS) is 17.9. The molecule has 0 aliphatic carbocycles. The van der Waals surface area contributed by atoms with Gasteiger partial charge in [0.15, 0.2) is 5.76 Å². The van der Waals surface area contributed by atoms with Crippen molar-refractivity contribution in [2.24, 2.45) is 0 Å². The molecule has 27 heavy (non-hydrogen) atoms. The first-order valence-corrected chi connectivity index (χ1v) is 10.7. The van der Waals surface area contributed by atoms with Gasteiger partial charge >= 0.3 is 0 Å². The Bertz CT molecular complexity index is 686. The predicted octanol–water partition coefficient (Wildman–Crippen LogP) is 3.69. The van der Waals surface area contributed by atoms with E-state index in [0.29, 0.717) is 12.2 Å². The summed E-state index contributed by atoms with van der Waals surface area (Å²) in [5.74, 6) is 0.652. The van der Waals surface area contributed by atoms with Crippen LogP contribution in [0.4, 0.5) is 0 Å². The minimum absolute atomic E-state index is 0.0441. The molecule has 0 bridgehead atoms. The van der Waals surface area contributed by atoms with Gasteiger partial charge < -0.3 is 19.5 Å². The summed E-state index contributed by atoms with van der Waals surface area (Å²) in [6.07, 6.45) is 6.16. The third kappa shape index (κ3) is 6.16. The molecule has 1 saturated heterocycles. The lowest BCUT2D eigenvalue weighted by molar-refractivity contribution is -0.126. The van der Waals surface area contributed by atoms with Crippen LogP contribution in [0.1, 0.15) is 44.7 Å². The topological polar surface area (TPSA) is 67.6 Å². The maximum atomic E-state index is 11.9. The summed E-state index contributed by atoms with van der Waals surface area (Å²) < 4.78 is 10.7. The van der Waals surface area contributed by atoms with Crippen molar-refractivity contribution in [2.45, 2.75) is 51.7 Å². The molecule has 3 rings (SSSR count). The molecule has 1 atom stereocenters. The zero-order valence-corrected chi connectivity index (χ0v) is 16.8. The first-order chi connectivity index (χ1) is 13.3. The number of ether oxygens (including phenoxy) is 1. The van der Waals surface area contributed by atoms with E-state index in [1.165, 1.54) is 32.2 Å². The molecule has 1 amide bonds. The van der Waals surface area contributed by atoms with Crippen LogP contribution in [0.2, 0.25) is 0 Å². The molecular weight excluding hydrogens is 362 g/mol. The van der Waals surface area contributed by atoms with E-state index < -0.39 is 0 Å². The van der Waals surface area contributed by atoms with E-state index in [-0.39, 0.29) is 19.1 Å². The van der Waals surface area contributed by atoms with E-state index in [1.54, 1.807) is 11.3 Å². The fourth-order valence-corrected chi connectivity index (χ4v) is 4.21. The minimum atomic E-state index is -0.0809. The van der Waals surface area contributed by atoms with E-state index in [0.717, 1.165) is 29.6 Å². The summed E-state index contributed by atoms with van der Waals surface area (Å²) in [6, 6.07) is 6.53. The lowest BCUT2D eigenvalue weighted by Gasteiger charge is -2.35. The number of piperidine rings is 1. The average molecular weight is 392 g/mol. The summed E-state index contributed by atoms with van der Waals surface area (Å²) in [5.41, 5.74) is 0.696. The van der Waals surface area contributed by atoms with Crippen molar-refractivity contribution in [3.63, 3.8) is 0 Å². The molecule has 1 fully saturated rings. The van der Waals surface area contributed by atoms with Crippen LogP contribution >= 0.6 is 11.3 Å². The molecule has 2 aromatic heterocycles. The Morgan fingerprint density at radius 2 is 2.41 bits per heavy atom. The smallest absolute Gasteiger partial charge is 0.246 e. The van der Waals surface area contributed by atoms with Crippen LogP contribution in [-0.4, -0.2) is 48.2 Å². The summed E-state index contributed by atoms with van der Waals surface area (Å²) >= 11 is 1.60. The molecule has 2 aromatic rings. The molecule has 6 nitrogen and oxygen atoms in total. The first-order valence-electron chi connectivity index (χ1n) is 9.84. The molecule has 3 heterocycles. The molecule has 0 saturated carbocycles. The highest BCUT2D eigenvalue weighted by Gasteiger charge is 2.19. The Morgan fingerprint density at radius 3 is 3.22 bits per heavy atom. The Hall–Kier alpha value is -1.70. The second-order valence-corrected chi connectivity index (χ2v) is 7.90. The number of aromatic nitrogens is 1. The van der Waals surface area contributed by atoms with Crippen molar-refractivity contribution in [2.75, 3.05) is 26.2 Å². The third-order valence-corrected chi connectivity index (χ3v) is 5.86. The van der Waals surface area contributed by atoms with Crippen molar-refractivity contribution < 1.29 is 14.1 Å². The molecule has 1 aliphatic rings. The summed E-state index contributed by atoms with van der Waals surface area (Å²) in [4.78, 5) is 15.5. The highest BCUT2D eigenvalue weighted by Crippen LogP contribution is 2.25. The monoisotopic (exact) mass is 391 g/mol. The zero-order chi connectivity index (χ0) is 18.9. The minimum Gasteiger partial charge on any atom is -0.365 e. The van der Waals surface area contributed by atoms with Gasteiger partial charge in [-0.05, 0) is 43.7 Å². The Balaban J connectivity index is 1.28. The van der Waals surface area contributed by atoms with Gasteiger partial charge in [0.05, 0.1) is 11.5 Å². The largest absolute Gasteiger partial charge is 0.365 e. The van der Waals surface area contributed by atoms with E-state index in [4.69, 9.17) is 9.26 Å². The van der Waals surface area contributed by atoms with Crippen LogP contribution in [0.15, 0.2) is 28.1 Å². The molecule has 0 unspecified atom stereocenters. The zero-order valence-electron chi connectivity index (χ0n) is 16.0. The van der Waals surface area contributed by atoms with E-state index in [9.17, 15) is 4.79 Å². The molecule has 0 spiro atoms. The van der Waals surface area contributed by atoms with Crippen LogP contribution in [0.25, 0.3) is 10.6 Å². The molecule has 0 aromatic carbocycles. The Morgan fingerprint density at radius 1 is 1.48 bits per heavy atom. The van der Waals surface area contributed by atoms with Crippen LogP contribution in [0, 0.1) is 0 Å². The summed E-state index contributed by atoms with van der Waals surface area (Å²) in [7, 11) is 0. The second-order valence-electron chi connectivity index (χ2n) is 6.95. The molecule has 7 heteroatoms. The van der Waals surface area contributed by atoms with Crippen molar-refractivity contribution >= 4 is 17.2 Å². The lowest BCUT2D eigenvalue weighted by atomic mass is 10.00. The van der Waals surface area contributed by atoms with Crippen molar-refractivity contribution in [1.29, 1.82) is 0 Å². The number of rotatable bonds is 10. The van der Waals surface area contributed by atoms with Gasteiger partial charge in [0.2, 0.25) is 5.91 Å². The number of amides is 1. The summed E-state index contributed by atoms with van der Waals surface area (Å²) in [5, 5.41) is 8.91. The number of nitrogens with one attached hydrogen (secondary N) is 1. The average Bonchev–Trinajstić information content (AvgIpc) is 3.37. The number of likely N-dealkylation sites (tertiary alicyclic amines) is 1. The highest BCUT2D eigenvalue weighted by molar-refractivity contribution is 7.13. The fraction of sp³-hybridized carbons (Fsp3) is 0.600. The van der Waals surface area contributed by atoms with Crippen LogP contribution < -0.4 is 5.32 Å². The van der Waals surface area contributed by atoms with Gasteiger partial charge in [-0.15, -0.1) is 11.3 Å². The predicted molar refractivity (Wildman–Crippen MR) is 107 cm³/mol. The molecule has 0 radical (unpaired) electrons. The first kappa shape index (κ1) is 20.0. The number of carbonyl (C=O) groups is 1.